The largest absolute Gasteiger partial charge is 0.690 e. The van der Waals surface area contributed by atoms with Crippen molar-refractivity contribution in [2.45, 2.75) is 0 Å². The van der Waals surface area contributed by atoms with Gasteiger partial charge in [0.25, 0.3) is 0 Å². The van der Waals surface area contributed by atoms with Crippen LogP contribution in [0.15, 0.2) is 0 Å². The third kappa shape index (κ3) is 4.32. The van der Waals surface area contributed by atoms with Crippen LogP contribution in [0.4, 0.5) is 0 Å². The average Bonchev–Trinajstić information content (AvgIpc) is 1.36. The van der Waals surface area contributed by atoms with Crippen molar-refractivity contribution in [1.82, 2.24) is 0 Å². The smallest absolute Gasteiger partial charge is 0.0456 e. The molecule has 5 heavy (non-hydrogen) atoms. The van der Waals surface area contributed by atoms with Crippen LogP contribution >= 0.6 is 0 Å². The summed E-state index contributed by atoms with van der Waals surface area (Å²) in [7, 11) is 13.8. The van der Waals surface area contributed by atoms with E-state index in [4.69, 9.17) is 24.5 Å². The molecule has 0 aromatic carbocycles. The first-order valence-corrected chi connectivity index (χ1v) is 1.33. The topological polar surface area (TPSA) is 0 Å². The van der Waals surface area contributed by atoms with Gasteiger partial charge in [-0.1, -0.05) is 1.34 Å². The minimum absolute atomic E-state index is 0.704. The molecule has 0 aromatic rings. The van der Waals surface area contributed by atoms with E-state index in [0.717, 1.165) is 0 Å². The molecule has 0 atom stereocenters. The van der Waals surface area contributed by atoms with Crippen molar-refractivity contribution in [2.75, 3.05) is 0 Å². The van der Waals surface area contributed by atoms with Gasteiger partial charge in [-0.15, -0.1) is 0 Å². The predicted molar refractivity (Wildman–Crippen MR) is 30.2 cm³/mol. The molecule has 0 spiro atoms. The lowest BCUT2D eigenvalue weighted by atomic mass is 8.97. The highest BCUT2D eigenvalue weighted by Gasteiger charge is 1.56. The lowest BCUT2D eigenvalue weighted by molar-refractivity contribution is 3.91. The molecule has 18 valence electrons. The summed E-state index contributed by atoms with van der Waals surface area (Å²) in [6.45, 7) is 0. The van der Waals surface area contributed by atoms with Crippen molar-refractivity contribution in [3.05, 3.63) is 0 Å². The minimum Gasteiger partial charge on any atom is -0.690 e. The molecule has 0 aliphatic heterocycles. The zero-order valence-electron chi connectivity index (χ0n) is 3.89. The summed E-state index contributed by atoms with van der Waals surface area (Å²) in [6.07, 6.45) is -0.704. The van der Waals surface area contributed by atoms with Crippen molar-refractivity contribution in [3.63, 3.8) is 0 Å². The SMILES string of the molecule is [2H]B([B-])B([B])[B-]. The first-order chi connectivity index (χ1) is 2.64. The summed E-state index contributed by atoms with van der Waals surface area (Å²) in [5, 5.41) is 0. The second kappa shape index (κ2) is 2.56. The minimum atomic E-state index is -0.843. The Balaban J connectivity index is 2.99. The van der Waals surface area contributed by atoms with E-state index < -0.39 is 13.4 Å². The van der Waals surface area contributed by atoms with Crippen molar-refractivity contribution < 1.29 is 0 Å². The van der Waals surface area contributed by atoms with Gasteiger partial charge in [0.05, 0.1) is 0 Å². The van der Waals surface area contributed by atoms with Crippen LogP contribution in [0.25, 0.3) is 0 Å². The zero-order chi connectivity index (χ0) is 5.15. The Labute approximate surface area is 38.9 Å². The van der Waals surface area contributed by atoms with Crippen molar-refractivity contribution in [2.24, 2.45) is 0 Å². The first-order valence-electron chi connectivity index (χ1n) is 1.91. The van der Waals surface area contributed by atoms with Crippen LogP contribution < -0.4 is 0 Å². The van der Waals surface area contributed by atoms with Gasteiger partial charge in [0.2, 0.25) is 0 Å². The van der Waals surface area contributed by atoms with Crippen LogP contribution in [0, 0.1) is 0 Å². The maximum atomic E-state index is 6.56. The molecule has 0 fully saturated rings. The Kier molecular flexibility index (Phi) is 1.80. The van der Waals surface area contributed by atoms with E-state index in [1.165, 1.54) is 0 Å². The summed E-state index contributed by atoms with van der Waals surface area (Å²) in [5.41, 5.74) is 0. The van der Waals surface area contributed by atoms with Crippen LogP contribution in [0.2, 0.25) is 0 Å². The molecule has 0 saturated carbocycles. The van der Waals surface area contributed by atoms with Gasteiger partial charge in [-0.3, -0.25) is 6.39 Å². The maximum Gasteiger partial charge on any atom is -0.0456 e. The predicted octanol–water partition coefficient (Wildman–Crippen LogP) is -2.17. The van der Waals surface area contributed by atoms with Gasteiger partial charge < -0.3 is 15.5 Å². The number of hydrogen-bond donors (Lipinski definition) is 0. The highest BCUT2D eigenvalue weighted by atomic mass is 12.7. The molecule has 0 N–H and O–H groups in total. The second-order valence-corrected chi connectivity index (χ2v) is 0.770. The van der Waals surface area contributed by atoms with Crippen LogP contribution in [0.3, 0.4) is 0 Å². The maximum absolute atomic E-state index is 6.56. The molecule has 0 nitrogen and oxygen atoms in total. The second-order valence-electron chi connectivity index (χ2n) is 0.770. The van der Waals surface area contributed by atoms with E-state index in [1.807, 2.05) is 0 Å². The van der Waals surface area contributed by atoms with E-state index in [2.05, 4.69) is 0 Å². The summed E-state index contributed by atoms with van der Waals surface area (Å²) < 4.78 is 6.56. The third-order valence-corrected chi connectivity index (χ3v) is 0.222. The van der Waals surface area contributed by atoms with Gasteiger partial charge in [0, 0.05) is 0 Å². The Bertz CT molecular complexity index is 24.9. The van der Waals surface area contributed by atoms with Crippen molar-refractivity contribution in [1.29, 1.82) is 1.34 Å². The van der Waals surface area contributed by atoms with Gasteiger partial charge in [0.15, 0.2) is 0 Å². The van der Waals surface area contributed by atoms with Gasteiger partial charge in [0.1, 0.15) is 0 Å². The number of hydrogen-bond acceptors (Lipinski definition) is 0. The van der Waals surface area contributed by atoms with Crippen molar-refractivity contribution in [3.8, 4) is 0 Å². The van der Waals surface area contributed by atoms with Crippen LogP contribution in [-0.4, -0.2) is 38.0 Å². The van der Waals surface area contributed by atoms with Crippen LogP contribution in [0.1, 0.15) is 0 Å². The Morgan fingerprint density at radius 1 is 2.20 bits per heavy atom. The monoisotopic (exact) mass is 57.1 g/mol. The molecule has 0 bridgehead atoms. The third-order valence-electron chi connectivity index (χ3n) is 0.222. The van der Waals surface area contributed by atoms with E-state index in [1.54, 1.807) is 0 Å². The van der Waals surface area contributed by atoms with E-state index in [0.29, 0.717) is 0 Å². The van der Waals surface area contributed by atoms with Gasteiger partial charge >= 0.3 is 0 Å². The van der Waals surface area contributed by atoms with E-state index in [-0.39, 0.29) is 0 Å². The van der Waals surface area contributed by atoms with Gasteiger partial charge in [-0.25, -0.2) is 7.02 Å². The van der Waals surface area contributed by atoms with Crippen LogP contribution in [0.5, 0.6) is 0 Å². The fourth-order valence-corrected chi connectivity index (χ4v) is 0. The number of rotatable bonds is 1. The quantitative estimate of drug-likeness (QED) is 0.300. The summed E-state index contributed by atoms with van der Waals surface area (Å²) >= 11 is 0. The fraction of sp³-hybridized carbons (Fsp3) is 0. The zero-order valence-corrected chi connectivity index (χ0v) is 2.89. The average molecular weight is 56.1 g/mol. The Morgan fingerprint density at radius 2 is 2.40 bits per heavy atom. The molecule has 0 heterocycles. The van der Waals surface area contributed by atoms with Gasteiger partial charge in [-0.2, -0.15) is 0 Å². The summed E-state index contributed by atoms with van der Waals surface area (Å²) in [4.78, 5) is 0. The molecular weight excluding hydrogens is 54.1 g/mol. The fourth-order valence-electron chi connectivity index (χ4n) is 0. The highest BCUT2D eigenvalue weighted by molar-refractivity contribution is 7.60. The Hall–Kier alpha value is 0.325. The van der Waals surface area contributed by atoms with E-state index in [9.17, 15) is 0 Å². The molecule has 0 saturated heterocycles. The molecule has 0 unspecified atom stereocenters. The molecule has 0 aliphatic rings. The Morgan fingerprint density at radius 3 is 2.40 bits per heavy atom. The molecular formula is HB5-2. The molecule has 5 heteroatoms. The van der Waals surface area contributed by atoms with E-state index >= 15 is 0 Å². The standard InChI is InChI=1S/B5H/c1-4-5(2)3/h4H/q-2/i4D. The summed E-state index contributed by atoms with van der Waals surface area (Å²) in [6, 6.07) is 0. The normalized spacial score (nSPS) is 9.60. The lowest BCUT2D eigenvalue weighted by Crippen LogP contribution is -2.23. The first kappa shape index (κ1) is 3.51. The molecule has 0 aliphatic carbocycles. The highest BCUT2D eigenvalue weighted by Crippen LogP contribution is 1.47. The van der Waals surface area contributed by atoms with Crippen LogP contribution in [-0.2, 0) is 0 Å². The molecule has 8 radical (unpaired) electrons. The van der Waals surface area contributed by atoms with Crippen molar-refractivity contribution >= 4 is 36.6 Å². The molecule has 0 rings (SSSR count). The lowest BCUT2D eigenvalue weighted by Gasteiger charge is -2.18. The van der Waals surface area contributed by atoms with Gasteiger partial charge in [-0.05, 0) is 7.74 Å². The molecule has 0 amide bonds. The molecule has 0 aromatic heterocycles. The summed E-state index contributed by atoms with van der Waals surface area (Å²) in [5.74, 6) is 0.